The van der Waals surface area contributed by atoms with E-state index >= 15 is 0 Å². The fourth-order valence-corrected chi connectivity index (χ4v) is 4.07. The van der Waals surface area contributed by atoms with Crippen LogP contribution in [0.1, 0.15) is 23.4 Å². The zero-order chi connectivity index (χ0) is 13.8. The van der Waals surface area contributed by atoms with E-state index < -0.39 is 5.97 Å². The maximum Gasteiger partial charge on any atom is 0.308 e. The Bertz CT molecular complexity index is 481. The molecule has 0 atom stereocenters. The standard InChI is InChI=1S/C12H16N2O3S2/c1-8-9(6-11(16)17)19-12(13-8)18-7-10(15)14-4-2-3-5-14/h2-7H2,1H3,(H,16,17). The zero-order valence-corrected chi connectivity index (χ0v) is 12.4. The van der Waals surface area contributed by atoms with Crippen LogP contribution in [0, 0.1) is 6.92 Å². The molecule has 104 valence electrons. The van der Waals surface area contributed by atoms with Crippen LogP contribution in [-0.4, -0.2) is 45.7 Å². The highest BCUT2D eigenvalue weighted by atomic mass is 32.2. The summed E-state index contributed by atoms with van der Waals surface area (Å²) in [6.07, 6.45) is 2.19. The van der Waals surface area contributed by atoms with Crippen LogP contribution >= 0.6 is 23.1 Å². The molecule has 5 nitrogen and oxygen atoms in total. The third-order valence-electron chi connectivity index (χ3n) is 2.96. The summed E-state index contributed by atoms with van der Waals surface area (Å²) < 4.78 is 0.779. The molecule has 1 aromatic heterocycles. The van der Waals surface area contributed by atoms with Crippen LogP contribution in [-0.2, 0) is 16.0 Å². The van der Waals surface area contributed by atoms with Crippen molar-refractivity contribution in [2.45, 2.75) is 30.5 Å². The SMILES string of the molecule is Cc1nc(SCC(=O)N2CCCC2)sc1CC(=O)O. The van der Waals surface area contributed by atoms with Gasteiger partial charge < -0.3 is 10.0 Å². The number of hydrogen-bond donors (Lipinski definition) is 1. The lowest BCUT2D eigenvalue weighted by molar-refractivity contribution is -0.136. The molecule has 1 N–H and O–H groups in total. The first kappa shape index (κ1) is 14.3. The molecule has 1 amide bonds. The van der Waals surface area contributed by atoms with Crippen LogP contribution in [0.25, 0.3) is 0 Å². The number of thiazole rings is 1. The summed E-state index contributed by atoms with van der Waals surface area (Å²) in [7, 11) is 0. The van der Waals surface area contributed by atoms with E-state index in [0.29, 0.717) is 5.75 Å². The number of carboxylic acid groups (broad SMARTS) is 1. The van der Waals surface area contributed by atoms with E-state index in [1.165, 1.54) is 23.1 Å². The third-order valence-corrected chi connectivity index (χ3v) is 5.25. The molecule has 0 spiro atoms. The molecule has 2 heterocycles. The summed E-state index contributed by atoms with van der Waals surface area (Å²) in [5.74, 6) is -0.314. The summed E-state index contributed by atoms with van der Waals surface area (Å²) in [5.41, 5.74) is 0.753. The molecule has 1 aliphatic heterocycles. The lowest BCUT2D eigenvalue weighted by Crippen LogP contribution is -2.29. The van der Waals surface area contributed by atoms with E-state index in [4.69, 9.17) is 5.11 Å². The Morgan fingerprint density at radius 3 is 2.74 bits per heavy atom. The molecule has 0 aliphatic carbocycles. The summed E-state index contributed by atoms with van der Waals surface area (Å²) in [5, 5.41) is 8.77. The fourth-order valence-electron chi connectivity index (χ4n) is 1.95. The second-order valence-corrected chi connectivity index (χ2v) is 6.74. The molecule has 0 aromatic carbocycles. The van der Waals surface area contributed by atoms with Crippen LogP contribution < -0.4 is 0 Å². The van der Waals surface area contributed by atoms with Crippen molar-refractivity contribution in [1.29, 1.82) is 0 Å². The number of carboxylic acids is 1. The Balaban J connectivity index is 1.88. The lowest BCUT2D eigenvalue weighted by atomic mass is 10.3. The average molecular weight is 300 g/mol. The molecule has 2 rings (SSSR count). The van der Waals surface area contributed by atoms with Crippen LogP contribution in [0.2, 0.25) is 0 Å². The third kappa shape index (κ3) is 3.94. The van der Waals surface area contributed by atoms with Crippen molar-refractivity contribution in [3.63, 3.8) is 0 Å². The van der Waals surface area contributed by atoms with Crippen molar-refractivity contribution in [3.05, 3.63) is 10.6 Å². The topological polar surface area (TPSA) is 70.5 Å². The summed E-state index contributed by atoms with van der Waals surface area (Å²) >= 11 is 2.77. The van der Waals surface area contributed by atoms with Gasteiger partial charge in [-0.05, 0) is 19.8 Å². The first-order chi connectivity index (χ1) is 9.06. The van der Waals surface area contributed by atoms with E-state index in [2.05, 4.69) is 4.98 Å². The van der Waals surface area contributed by atoms with Gasteiger partial charge in [-0.15, -0.1) is 11.3 Å². The predicted molar refractivity (Wildman–Crippen MR) is 74.7 cm³/mol. The number of aliphatic carboxylic acids is 1. The Morgan fingerprint density at radius 1 is 1.42 bits per heavy atom. The fraction of sp³-hybridized carbons (Fsp3) is 0.583. The maximum atomic E-state index is 11.9. The number of hydrogen-bond acceptors (Lipinski definition) is 5. The van der Waals surface area contributed by atoms with E-state index in [-0.39, 0.29) is 12.3 Å². The number of carbonyl (C=O) groups excluding carboxylic acids is 1. The second kappa shape index (κ2) is 6.38. The van der Waals surface area contributed by atoms with Crippen molar-refractivity contribution in [3.8, 4) is 0 Å². The number of nitrogens with zero attached hydrogens (tertiary/aromatic N) is 2. The number of thioether (sulfide) groups is 1. The van der Waals surface area contributed by atoms with Gasteiger partial charge in [-0.2, -0.15) is 0 Å². The molecule has 1 aromatic rings. The van der Waals surface area contributed by atoms with Gasteiger partial charge in [0.2, 0.25) is 5.91 Å². The molecule has 0 saturated carbocycles. The van der Waals surface area contributed by atoms with Crippen molar-refractivity contribution in [2.75, 3.05) is 18.8 Å². The van der Waals surface area contributed by atoms with Crippen LogP contribution in [0.3, 0.4) is 0 Å². The highest BCUT2D eigenvalue weighted by molar-refractivity contribution is 8.01. The molecule has 19 heavy (non-hydrogen) atoms. The minimum absolute atomic E-state index is 0.00410. The molecule has 0 unspecified atom stereocenters. The lowest BCUT2D eigenvalue weighted by Gasteiger charge is -2.13. The Labute approximate surface area is 120 Å². The summed E-state index contributed by atoms with van der Waals surface area (Å²) in [6, 6.07) is 0. The highest BCUT2D eigenvalue weighted by Crippen LogP contribution is 2.28. The average Bonchev–Trinajstić information content (AvgIpc) is 2.96. The van der Waals surface area contributed by atoms with E-state index in [0.717, 1.165) is 40.8 Å². The molecular formula is C12H16N2O3S2. The van der Waals surface area contributed by atoms with Crippen molar-refractivity contribution in [2.24, 2.45) is 0 Å². The van der Waals surface area contributed by atoms with Gasteiger partial charge in [0, 0.05) is 18.0 Å². The van der Waals surface area contributed by atoms with Crippen LogP contribution in [0.4, 0.5) is 0 Å². The molecule has 1 saturated heterocycles. The number of rotatable bonds is 5. The van der Waals surface area contributed by atoms with Crippen LogP contribution in [0.15, 0.2) is 4.34 Å². The smallest absolute Gasteiger partial charge is 0.308 e. The number of aryl methyl sites for hydroxylation is 1. The second-order valence-electron chi connectivity index (χ2n) is 4.44. The van der Waals surface area contributed by atoms with Crippen molar-refractivity contribution in [1.82, 2.24) is 9.88 Å². The normalized spacial score (nSPS) is 14.9. The van der Waals surface area contributed by atoms with Gasteiger partial charge in [0.25, 0.3) is 0 Å². The van der Waals surface area contributed by atoms with Gasteiger partial charge >= 0.3 is 5.97 Å². The quantitative estimate of drug-likeness (QED) is 0.840. The van der Waals surface area contributed by atoms with Gasteiger partial charge in [0.05, 0.1) is 17.9 Å². The highest BCUT2D eigenvalue weighted by Gasteiger charge is 2.19. The zero-order valence-electron chi connectivity index (χ0n) is 10.7. The molecule has 0 radical (unpaired) electrons. The van der Waals surface area contributed by atoms with Gasteiger partial charge in [-0.25, -0.2) is 4.98 Å². The van der Waals surface area contributed by atoms with Gasteiger partial charge in [0.15, 0.2) is 4.34 Å². The number of carbonyl (C=O) groups is 2. The minimum Gasteiger partial charge on any atom is -0.481 e. The van der Waals surface area contributed by atoms with Crippen molar-refractivity contribution < 1.29 is 14.7 Å². The number of aromatic nitrogens is 1. The predicted octanol–water partition coefficient (Wildman–Crippen LogP) is 1.79. The summed E-state index contributed by atoms with van der Waals surface area (Å²) in [4.78, 5) is 29.5. The molecule has 7 heteroatoms. The van der Waals surface area contributed by atoms with Crippen molar-refractivity contribution >= 4 is 35.0 Å². The number of likely N-dealkylation sites (tertiary alicyclic amines) is 1. The summed E-state index contributed by atoms with van der Waals surface area (Å²) in [6.45, 7) is 3.53. The van der Waals surface area contributed by atoms with Gasteiger partial charge in [-0.3, -0.25) is 9.59 Å². The largest absolute Gasteiger partial charge is 0.481 e. The Hall–Kier alpha value is -1.08. The van der Waals surface area contributed by atoms with E-state index in [1.54, 1.807) is 6.92 Å². The first-order valence-electron chi connectivity index (χ1n) is 6.15. The molecule has 0 bridgehead atoms. The van der Waals surface area contributed by atoms with E-state index in [9.17, 15) is 9.59 Å². The number of amides is 1. The van der Waals surface area contributed by atoms with Crippen LogP contribution in [0.5, 0.6) is 0 Å². The van der Waals surface area contributed by atoms with E-state index in [1.807, 2.05) is 4.90 Å². The Kier molecular flexibility index (Phi) is 4.81. The molecule has 1 aliphatic rings. The molecular weight excluding hydrogens is 284 g/mol. The molecule has 1 fully saturated rings. The monoisotopic (exact) mass is 300 g/mol. The van der Waals surface area contributed by atoms with Gasteiger partial charge in [-0.1, -0.05) is 11.8 Å². The Morgan fingerprint density at radius 2 is 2.11 bits per heavy atom. The maximum absolute atomic E-state index is 11.9. The van der Waals surface area contributed by atoms with Gasteiger partial charge in [0.1, 0.15) is 0 Å². The first-order valence-corrected chi connectivity index (χ1v) is 7.95. The minimum atomic E-state index is -0.851.